The molecule has 2 N–H and O–H groups in total. The fraction of sp³-hybridized carbons (Fsp3) is 0.286. The van der Waals surface area contributed by atoms with Crippen LogP contribution >= 0.6 is 0 Å². The summed E-state index contributed by atoms with van der Waals surface area (Å²) in [5.41, 5.74) is 1.66. The van der Waals surface area contributed by atoms with E-state index in [0.717, 1.165) is 5.56 Å². The summed E-state index contributed by atoms with van der Waals surface area (Å²) in [4.78, 5) is 37.1. The number of nitrogens with one attached hydrogen (secondary N) is 1. The number of aromatic carboxylic acids is 1. The van der Waals surface area contributed by atoms with E-state index in [1.165, 1.54) is 17.0 Å². The lowest BCUT2D eigenvalue weighted by atomic mass is 10.1. The van der Waals surface area contributed by atoms with Gasteiger partial charge in [0.25, 0.3) is 5.91 Å². The minimum Gasteiger partial charge on any atom is -0.493 e. The van der Waals surface area contributed by atoms with Gasteiger partial charge in [0.1, 0.15) is 6.04 Å². The maximum atomic E-state index is 12.6. The largest absolute Gasteiger partial charge is 0.493 e. The van der Waals surface area contributed by atoms with Crippen molar-refractivity contribution in [1.29, 1.82) is 0 Å². The maximum absolute atomic E-state index is 12.6. The standard InChI is InChI=1S/C21H22N2O6/c1-28-17-8-3-13(11-18(17)29-2)9-10-23-19(24)12-16(20(23)25)22-15-6-4-14(5-7-15)21(26)27/h3-8,11,16,22H,9-10,12H2,1-2H3,(H,26,27). The van der Waals surface area contributed by atoms with Crippen molar-refractivity contribution in [3.63, 3.8) is 0 Å². The van der Waals surface area contributed by atoms with Gasteiger partial charge in [0.05, 0.1) is 26.2 Å². The van der Waals surface area contributed by atoms with Gasteiger partial charge in [-0.2, -0.15) is 0 Å². The fourth-order valence-electron chi connectivity index (χ4n) is 3.22. The Balaban J connectivity index is 1.62. The molecule has 2 aromatic rings. The number of anilines is 1. The van der Waals surface area contributed by atoms with Crippen LogP contribution in [0.1, 0.15) is 22.3 Å². The zero-order valence-electron chi connectivity index (χ0n) is 16.2. The molecule has 1 aliphatic heterocycles. The third-order valence-electron chi connectivity index (χ3n) is 4.79. The second-order valence-corrected chi connectivity index (χ2v) is 6.61. The number of carboxylic acids is 1. The Morgan fingerprint density at radius 1 is 1.10 bits per heavy atom. The predicted octanol–water partition coefficient (Wildman–Crippen LogP) is 2.18. The van der Waals surface area contributed by atoms with Crippen molar-refractivity contribution >= 4 is 23.5 Å². The Kier molecular flexibility index (Phi) is 6.01. The molecule has 0 radical (unpaired) electrons. The summed E-state index contributed by atoms with van der Waals surface area (Å²) in [5, 5.41) is 12.0. The van der Waals surface area contributed by atoms with Crippen molar-refractivity contribution in [2.75, 3.05) is 26.1 Å². The monoisotopic (exact) mass is 398 g/mol. The molecule has 1 heterocycles. The Morgan fingerprint density at radius 3 is 2.41 bits per heavy atom. The summed E-state index contributed by atoms with van der Waals surface area (Å²) in [6.07, 6.45) is 0.559. The zero-order valence-corrected chi connectivity index (χ0v) is 16.2. The first-order valence-electron chi connectivity index (χ1n) is 9.08. The third-order valence-corrected chi connectivity index (χ3v) is 4.79. The van der Waals surface area contributed by atoms with E-state index < -0.39 is 12.0 Å². The summed E-state index contributed by atoms with van der Waals surface area (Å²) >= 11 is 0. The molecule has 1 saturated heterocycles. The first-order chi connectivity index (χ1) is 13.9. The van der Waals surface area contributed by atoms with Gasteiger partial charge in [0.2, 0.25) is 5.91 Å². The molecule has 2 amide bonds. The topological polar surface area (TPSA) is 105 Å². The molecule has 0 bridgehead atoms. The second-order valence-electron chi connectivity index (χ2n) is 6.61. The van der Waals surface area contributed by atoms with Crippen LogP contribution < -0.4 is 14.8 Å². The quantitative estimate of drug-likeness (QED) is 0.657. The van der Waals surface area contributed by atoms with Crippen molar-refractivity contribution in [3.8, 4) is 11.5 Å². The molecule has 2 aromatic carbocycles. The van der Waals surface area contributed by atoms with Crippen molar-refractivity contribution in [2.45, 2.75) is 18.9 Å². The van der Waals surface area contributed by atoms with Gasteiger partial charge < -0.3 is 19.9 Å². The third kappa shape index (κ3) is 4.48. The summed E-state index contributed by atoms with van der Waals surface area (Å²) in [6.45, 7) is 0.267. The van der Waals surface area contributed by atoms with Crippen LogP contribution in [0, 0.1) is 0 Å². The molecule has 1 fully saturated rings. The molecule has 3 rings (SSSR count). The van der Waals surface area contributed by atoms with Crippen molar-refractivity contribution in [1.82, 2.24) is 4.90 Å². The van der Waals surface area contributed by atoms with Gasteiger partial charge in [0.15, 0.2) is 11.5 Å². The highest BCUT2D eigenvalue weighted by Gasteiger charge is 2.38. The van der Waals surface area contributed by atoms with Crippen LogP contribution in [0.4, 0.5) is 5.69 Å². The highest BCUT2D eigenvalue weighted by molar-refractivity contribution is 6.06. The van der Waals surface area contributed by atoms with Gasteiger partial charge in [-0.1, -0.05) is 6.07 Å². The average molecular weight is 398 g/mol. The number of benzene rings is 2. The Hall–Kier alpha value is -3.55. The van der Waals surface area contributed by atoms with Crippen LogP contribution in [0.25, 0.3) is 0 Å². The molecular weight excluding hydrogens is 376 g/mol. The fourth-order valence-corrected chi connectivity index (χ4v) is 3.22. The molecule has 8 nitrogen and oxygen atoms in total. The number of methoxy groups -OCH3 is 2. The maximum Gasteiger partial charge on any atom is 0.335 e. The van der Waals surface area contributed by atoms with Gasteiger partial charge in [-0.3, -0.25) is 14.5 Å². The van der Waals surface area contributed by atoms with Crippen molar-refractivity contribution in [2.24, 2.45) is 0 Å². The zero-order chi connectivity index (χ0) is 21.0. The number of likely N-dealkylation sites (tertiary alicyclic amines) is 1. The number of rotatable bonds is 8. The van der Waals surface area contributed by atoms with Crippen LogP contribution in [-0.4, -0.2) is 54.6 Å². The molecule has 1 atom stereocenters. The van der Waals surface area contributed by atoms with Crippen LogP contribution in [-0.2, 0) is 16.0 Å². The van der Waals surface area contributed by atoms with Crippen LogP contribution in [0.15, 0.2) is 42.5 Å². The van der Waals surface area contributed by atoms with Crippen molar-refractivity contribution in [3.05, 3.63) is 53.6 Å². The molecule has 8 heteroatoms. The lowest BCUT2D eigenvalue weighted by molar-refractivity contribution is -0.138. The van der Waals surface area contributed by atoms with E-state index in [2.05, 4.69) is 5.32 Å². The second kappa shape index (κ2) is 8.64. The molecule has 0 aliphatic carbocycles. The Morgan fingerprint density at radius 2 is 1.79 bits per heavy atom. The van der Waals surface area contributed by atoms with E-state index >= 15 is 0 Å². The van der Waals surface area contributed by atoms with Crippen LogP contribution in [0.5, 0.6) is 11.5 Å². The molecule has 0 spiro atoms. The minimum atomic E-state index is -1.02. The minimum absolute atomic E-state index is 0.0610. The lowest BCUT2D eigenvalue weighted by Gasteiger charge is -2.16. The summed E-state index contributed by atoms with van der Waals surface area (Å²) in [6, 6.07) is 10.9. The van der Waals surface area contributed by atoms with E-state index in [4.69, 9.17) is 14.6 Å². The van der Waals surface area contributed by atoms with Gasteiger partial charge in [0, 0.05) is 12.2 Å². The summed E-state index contributed by atoms with van der Waals surface area (Å²) in [7, 11) is 3.11. The van der Waals surface area contributed by atoms with Gasteiger partial charge in [-0.05, 0) is 48.4 Å². The number of hydrogen-bond donors (Lipinski definition) is 2. The molecule has 29 heavy (non-hydrogen) atoms. The summed E-state index contributed by atoms with van der Waals surface area (Å²) < 4.78 is 10.5. The average Bonchev–Trinajstić information content (AvgIpc) is 2.99. The smallest absolute Gasteiger partial charge is 0.335 e. The number of imide groups is 1. The number of hydrogen-bond acceptors (Lipinski definition) is 6. The first kappa shape index (κ1) is 20.2. The highest BCUT2D eigenvalue weighted by Crippen LogP contribution is 2.28. The Labute approximate surface area is 168 Å². The number of ether oxygens (including phenoxy) is 2. The van der Waals surface area contributed by atoms with Gasteiger partial charge >= 0.3 is 5.97 Å². The molecular formula is C21H22N2O6. The van der Waals surface area contributed by atoms with E-state index in [1.807, 2.05) is 12.1 Å². The van der Waals surface area contributed by atoms with Gasteiger partial charge in [-0.15, -0.1) is 0 Å². The molecule has 0 saturated carbocycles. The van der Waals surface area contributed by atoms with Crippen molar-refractivity contribution < 1.29 is 29.0 Å². The Bertz CT molecular complexity index is 925. The van der Waals surface area contributed by atoms with Crippen LogP contribution in [0.3, 0.4) is 0 Å². The van der Waals surface area contributed by atoms with E-state index in [-0.39, 0.29) is 30.3 Å². The number of carbonyl (C=O) groups excluding carboxylic acids is 2. The van der Waals surface area contributed by atoms with E-state index in [1.54, 1.807) is 32.4 Å². The SMILES string of the molecule is COc1ccc(CCN2C(=O)CC(Nc3ccc(C(=O)O)cc3)C2=O)cc1OC. The normalized spacial score (nSPS) is 16.1. The predicted molar refractivity (Wildman–Crippen MR) is 105 cm³/mol. The highest BCUT2D eigenvalue weighted by atomic mass is 16.5. The molecule has 152 valence electrons. The number of carboxylic acid groups (broad SMARTS) is 1. The van der Waals surface area contributed by atoms with E-state index in [9.17, 15) is 14.4 Å². The number of carbonyl (C=O) groups is 3. The summed E-state index contributed by atoms with van der Waals surface area (Å²) in [5.74, 6) is -0.353. The first-order valence-corrected chi connectivity index (χ1v) is 9.08. The molecule has 1 unspecified atom stereocenters. The molecule has 1 aliphatic rings. The van der Waals surface area contributed by atoms with Crippen LogP contribution in [0.2, 0.25) is 0 Å². The molecule has 0 aromatic heterocycles. The lowest BCUT2D eigenvalue weighted by Crippen LogP contribution is -2.36. The number of amides is 2. The van der Waals surface area contributed by atoms with Gasteiger partial charge in [-0.25, -0.2) is 4.79 Å². The van der Waals surface area contributed by atoms with E-state index in [0.29, 0.717) is 23.6 Å². The number of nitrogens with zero attached hydrogens (tertiary/aromatic N) is 1.